The van der Waals surface area contributed by atoms with Gasteiger partial charge in [0.1, 0.15) is 0 Å². The van der Waals surface area contributed by atoms with Crippen LogP contribution in [0.25, 0.3) is 0 Å². The molecule has 0 aliphatic heterocycles. The molecule has 2 nitrogen and oxygen atoms in total. The van der Waals surface area contributed by atoms with Crippen molar-refractivity contribution in [3.05, 3.63) is 0 Å². The molecule has 0 aromatic rings. The van der Waals surface area contributed by atoms with Crippen LogP contribution in [0.2, 0.25) is 0 Å². The van der Waals surface area contributed by atoms with Gasteiger partial charge in [-0.3, -0.25) is 4.79 Å². The largest absolute Gasteiger partial charge is 0.344 e. The van der Waals surface area contributed by atoms with Crippen LogP contribution in [-0.2, 0) is 4.79 Å². The molecule has 0 unspecified atom stereocenters. The first-order valence-corrected chi connectivity index (χ1v) is 4.74. The van der Waals surface area contributed by atoms with Crippen LogP contribution in [-0.4, -0.2) is 24.0 Å². The molecule has 62 valence electrons. The Morgan fingerprint density at radius 2 is 2.45 bits per heavy atom. The highest BCUT2D eigenvalue weighted by molar-refractivity contribution is 7.99. The lowest BCUT2D eigenvalue weighted by Crippen LogP contribution is -2.25. The van der Waals surface area contributed by atoms with Gasteiger partial charge >= 0.3 is 0 Å². The zero-order valence-electron chi connectivity index (χ0n) is 6.72. The Bertz CT molecular complexity index is 151. The summed E-state index contributed by atoms with van der Waals surface area (Å²) in [6.07, 6.45) is 6.06. The number of thioether (sulfide) groups is 1. The summed E-state index contributed by atoms with van der Waals surface area (Å²) in [7, 11) is 0. The van der Waals surface area contributed by atoms with E-state index in [-0.39, 0.29) is 5.91 Å². The summed E-state index contributed by atoms with van der Waals surface area (Å²) in [5.41, 5.74) is 0. The lowest BCUT2D eigenvalue weighted by molar-refractivity contribution is -0.118. The Labute approximate surface area is 72.1 Å². The molecule has 0 aromatic carbocycles. The maximum Gasteiger partial charge on any atom is 0.230 e. The molecule has 0 fully saturated rings. The average molecular weight is 171 g/mol. The Kier molecular flexibility index (Phi) is 7.06. The normalized spacial score (nSPS) is 8.73. The van der Waals surface area contributed by atoms with E-state index in [4.69, 9.17) is 6.42 Å². The molecule has 11 heavy (non-hydrogen) atoms. The van der Waals surface area contributed by atoms with Gasteiger partial charge in [0.15, 0.2) is 0 Å². The lowest BCUT2D eigenvalue weighted by Gasteiger charge is -1.99. The Balaban J connectivity index is 3.17. The van der Waals surface area contributed by atoms with Crippen molar-refractivity contribution in [2.45, 2.75) is 13.3 Å². The van der Waals surface area contributed by atoms with Gasteiger partial charge in [-0.15, -0.1) is 6.42 Å². The van der Waals surface area contributed by atoms with Crippen LogP contribution in [0.3, 0.4) is 0 Å². The highest BCUT2D eigenvalue weighted by Gasteiger charge is 1.97. The summed E-state index contributed by atoms with van der Waals surface area (Å²) in [6.45, 7) is 2.43. The maximum absolute atomic E-state index is 10.8. The zero-order valence-corrected chi connectivity index (χ0v) is 7.54. The highest BCUT2D eigenvalue weighted by Crippen LogP contribution is 2.00. The predicted molar refractivity (Wildman–Crippen MR) is 49.5 cm³/mol. The first-order chi connectivity index (χ1) is 5.31. The van der Waals surface area contributed by atoms with Crippen molar-refractivity contribution >= 4 is 17.7 Å². The van der Waals surface area contributed by atoms with E-state index < -0.39 is 0 Å². The van der Waals surface area contributed by atoms with E-state index in [1.165, 1.54) is 0 Å². The molecule has 0 rings (SSSR count). The van der Waals surface area contributed by atoms with Gasteiger partial charge in [-0.1, -0.05) is 12.8 Å². The second-order valence-corrected chi connectivity index (χ2v) is 3.14. The molecule has 1 N–H and O–H groups in total. The van der Waals surface area contributed by atoms with E-state index in [9.17, 15) is 4.79 Å². The highest BCUT2D eigenvalue weighted by atomic mass is 32.2. The number of amides is 1. The molecule has 0 heterocycles. The standard InChI is InChI=1S/C8H13NOS/c1-3-5-9-8(10)7-11-6-4-2/h1H,4-7H2,2H3,(H,9,10). The van der Waals surface area contributed by atoms with Gasteiger partial charge in [0, 0.05) is 0 Å². The van der Waals surface area contributed by atoms with Crippen LogP contribution in [0, 0.1) is 12.3 Å². The van der Waals surface area contributed by atoms with Crippen molar-refractivity contribution in [3.63, 3.8) is 0 Å². The van der Waals surface area contributed by atoms with E-state index >= 15 is 0 Å². The van der Waals surface area contributed by atoms with E-state index in [2.05, 4.69) is 18.2 Å². The third-order valence-corrected chi connectivity index (χ3v) is 2.13. The van der Waals surface area contributed by atoms with Crippen molar-refractivity contribution in [2.75, 3.05) is 18.1 Å². The lowest BCUT2D eigenvalue weighted by atomic mass is 10.6. The van der Waals surface area contributed by atoms with Crippen LogP contribution < -0.4 is 5.32 Å². The van der Waals surface area contributed by atoms with Gasteiger partial charge in [-0.05, 0) is 12.2 Å². The van der Waals surface area contributed by atoms with Crippen molar-refractivity contribution in [2.24, 2.45) is 0 Å². The first-order valence-electron chi connectivity index (χ1n) is 3.59. The van der Waals surface area contributed by atoms with Gasteiger partial charge in [-0.25, -0.2) is 0 Å². The SMILES string of the molecule is C#CCNC(=O)CSCCC. The van der Waals surface area contributed by atoms with Gasteiger partial charge in [-0.2, -0.15) is 11.8 Å². The second-order valence-electron chi connectivity index (χ2n) is 2.03. The van der Waals surface area contributed by atoms with Crippen LogP contribution in [0.5, 0.6) is 0 Å². The summed E-state index contributed by atoms with van der Waals surface area (Å²) >= 11 is 1.63. The average Bonchev–Trinajstić information content (AvgIpc) is 2.01. The van der Waals surface area contributed by atoms with Crippen molar-refractivity contribution in [3.8, 4) is 12.3 Å². The minimum absolute atomic E-state index is 0.0291. The molecule has 0 saturated heterocycles. The first kappa shape index (κ1) is 10.4. The van der Waals surface area contributed by atoms with Crippen molar-refractivity contribution < 1.29 is 4.79 Å². The van der Waals surface area contributed by atoms with Crippen LogP contribution in [0.1, 0.15) is 13.3 Å². The third-order valence-electron chi connectivity index (χ3n) is 0.969. The summed E-state index contributed by atoms with van der Waals surface area (Å²) in [5.74, 6) is 3.93. The fraction of sp³-hybridized carbons (Fsp3) is 0.625. The zero-order chi connectivity index (χ0) is 8.53. The van der Waals surface area contributed by atoms with Crippen LogP contribution in [0.4, 0.5) is 0 Å². The fourth-order valence-electron chi connectivity index (χ4n) is 0.510. The number of carbonyl (C=O) groups excluding carboxylic acids is 1. The number of nitrogens with one attached hydrogen (secondary N) is 1. The fourth-order valence-corrected chi connectivity index (χ4v) is 1.23. The van der Waals surface area contributed by atoms with Gasteiger partial charge < -0.3 is 5.32 Å². The smallest absolute Gasteiger partial charge is 0.230 e. The molecule has 0 aliphatic carbocycles. The molecule has 0 spiro atoms. The molecule has 1 amide bonds. The van der Waals surface area contributed by atoms with E-state index in [0.29, 0.717) is 12.3 Å². The minimum atomic E-state index is 0.0291. The molecule has 0 atom stereocenters. The number of terminal acetylenes is 1. The molecule has 0 saturated carbocycles. The summed E-state index contributed by atoms with van der Waals surface area (Å²) in [4.78, 5) is 10.8. The van der Waals surface area contributed by atoms with E-state index in [0.717, 1.165) is 12.2 Å². The quantitative estimate of drug-likeness (QED) is 0.491. The summed E-state index contributed by atoms with van der Waals surface area (Å²) < 4.78 is 0. The van der Waals surface area contributed by atoms with Crippen LogP contribution in [0.15, 0.2) is 0 Å². The second kappa shape index (κ2) is 7.49. The molecular weight excluding hydrogens is 158 g/mol. The monoisotopic (exact) mass is 171 g/mol. The number of rotatable bonds is 5. The van der Waals surface area contributed by atoms with Gasteiger partial charge in [0.2, 0.25) is 5.91 Å². The molecule has 0 bridgehead atoms. The van der Waals surface area contributed by atoms with Crippen molar-refractivity contribution in [1.29, 1.82) is 0 Å². The molecular formula is C8H13NOS. The molecule has 0 radical (unpaired) electrons. The topological polar surface area (TPSA) is 29.1 Å². The van der Waals surface area contributed by atoms with E-state index in [1.807, 2.05) is 0 Å². The Morgan fingerprint density at radius 1 is 1.73 bits per heavy atom. The van der Waals surface area contributed by atoms with Gasteiger partial charge in [0.05, 0.1) is 12.3 Å². The molecule has 3 heteroatoms. The summed E-state index contributed by atoms with van der Waals surface area (Å²) in [6, 6.07) is 0. The van der Waals surface area contributed by atoms with Gasteiger partial charge in [0.25, 0.3) is 0 Å². The third kappa shape index (κ3) is 7.27. The molecule has 0 aromatic heterocycles. The number of hydrogen-bond acceptors (Lipinski definition) is 2. The predicted octanol–water partition coefficient (Wildman–Crippen LogP) is 0.879. The molecule has 0 aliphatic rings. The number of carbonyl (C=O) groups is 1. The van der Waals surface area contributed by atoms with Crippen molar-refractivity contribution in [1.82, 2.24) is 5.32 Å². The minimum Gasteiger partial charge on any atom is -0.344 e. The summed E-state index contributed by atoms with van der Waals surface area (Å²) in [5, 5.41) is 2.60. The maximum atomic E-state index is 10.8. The Hall–Kier alpha value is -0.620. The Morgan fingerprint density at radius 3 is 3.00 bits per heavy atom. The van der Waals surface area contributed by atoms with Crippen LogP contribution >= 0.6 is 11.8 Å². The number of hydrogen-bond donors (Lipinski definition) is 1. The van der Waals surface area contributed by atoms with E-state index in [1.54, 1.807) is 11.8 Å².